The SMILES string of the molecule is CC(c1ccccn1)N(C1CC1)S(=O)(=O)c1cc(Br)cnc1Cl. The van der Waals surface area contributed by atoms with Crippen LogP contribution in [0.25, 0.3) is 0 Å². The molecule has 0 amide bonds. The van der Waals surface area contributed by atoms with Gasteiger partial charge in [0.2, 0.25) is 10.0 Å². The first-order valence-electron chi connectivity index (χ1n) is 7.17. The van der Waals surface area contributed by atoms with Gasteiger partial charge < -0.3 is 0 Å². The van der Waals surface area contributed by atoms with Crippen LogP contribution >= 0.6 is 27.5 Å². The van der Waals surface area contributed by atoms with Crippen molar-refractivity contribution in [2.75, 3.05) is 0 Å². The maximum absolute atomic E-state index is 13.2. The molecule has 3 rings (SSSR count). The maximum Gasteiger partial charge on any atom is 0.247 e. The first-order chi connectivity index (χ1) is 10.9. The van der Waals surface area contributed by atoms with Crippen LogP contribution in [-0.4, -0.2) is 28.7 Å². The van der Waals surface area contributed by atoms with Gasteiger partial charge in [0.1, 0.15) is 10.0 Å². The molecule has 0 aliphatic heterocycles. The molecule has 1 aliphatic rings. The van der Waals surface area contributed by atoms with Crippen molar-refractivity contribution in [3.8, 4) is 0 Å². The van der Waals surface area contributed by atoms with Gasteiger partial charge in [-0.1, -0.05) is 17.7 Å². The van der Waals surface area contributed by atoms with E-state index in [-0.39, 0.29) is 22.1 Å². The molecule has 2 aromatic rings. The van der Waals surface area contributed by atoms with Gasteiger partial charge in [0.15, 0.2) is 0 Å². The van der Waals surface area contributed by atoms with Crippen molar-refractivity contribution < 1.29 is 8.42 Å². The molecule has 122 valence electrons. The van der Waals surface area contributed by atoms with E-state index in [2.05, 4.69) is 25.9 Å². The number of pyridine rings is 2. The maximum atomic E-state index is 13.2. The van der Waals surface area contributed by atoms with Crippen LogP contribution in [0, 0.1) is 0 Å². The number of sulfonamides is 1. The van der Waals surface area contributed by atoms with E-state index >= 15 is 0 Å². The van der Waals surface area contributed by atoms with Gasteiger partial charge in [-0.3, -0.25) is 4.98 Å². The highest BCUT2D eigenvalue weighted by atomic mass is 79.9. The zero-order valence-electron chi connectivity index (χ0n) is 12.4. The average molecular weight is 417 g/mol. The molecular formula is C15H15BrClN3O2S. The lowest BCUT2D eigenvalue weighted by molar-refractivity contribution is 0.329. The van der Waals surface area contributed by atoms with Crippen molar-refractivity contribution in [1.82, 2.24) is 14.3 Å². The summed E-state index contributed by atoms with van der Waals surface area (Å²) in [6, 6.07) is 6.59. The molecule has 0 bridgehead atoms. The molecule has 0 spiro atoms. The molecule has 2 heterocycles. The van der Waals surface area contributed by atoms with E-state index < -0.39 is 10.0 Å². The molecule has 1 aliphatic carbocycles. The topological polar surface area (TPSA) is 63.2 Å². The Morgan fingerprint density at radius 3 is 2.70 bits per heavy atom. The smallest absolute Gasteiger partial charge is 0.247 e. The number of halogens is 2. The highest BCUT2D eigenvalue weighted by Crippen LogP contribution is 2.40. The summed E-state index contributed by atoms with van der Waals surface area (Å²) in [5.41, 5.74) is 0.710. The number of rotatable bonds is 5. The number of aromatic nitrogens is 2. The number of hydrogen-bond acceptors (Lipinski definition) is 4. The second-order valence-corrected chi connectivity index (χ2v) is 8.52. The third-order valence-electron chi connectivity index (χ3n) is 3.73. The fourth-order valence-corrected chi connectivity index (χ4v) is 5.28. The van der Waals surface area contributed by atoms with Gasteiger partial charge in [-0.25, -0.2) is 13.4 Å². The quantitative estimate of drug-likeness (QED) is 0.695. The summed E-state index contributed by atoms with van der Waals surface area (Å²) in [6.45, 7) is 1.84. The zero-order chi connectivity index (χ0) is 16.6. The third kappa shape index (κ3) is 3.42. The van der Waals surface area contributed by atoms with Gasteiger partial charge in [0.05, 0.1) is 11.7 Å². The summed E-state index contributed by atoms with van der Waals surface area (Å²) >= 11 is 9.30. The van der Waals surface area contributed by atoms with E-state index in [0.29, 0.717) is 10.2 Å². The van der Waals surface area contributed by atoms with Crippen LogP contribution in [-0.2, 0) is 10.0 Å². The minimum absolute atomic E-state index is 0.0169. The Hall–Kier alpha value is -1.02. The Bertz CT molecular complexity index is 813. The first-order valence-corrected chi connectivity index (χ1v) is 9.78. The molecular weight excluding hydrogens is 402 g/mol. The van der Waals surface area contributed by atoms with Crippen LogP contribution in [0.2, 0.25) is 5.15 Å². The molecule has 0 saturated heterocycles. The summed E-state index contributed by atoms with van der Waals surface area (Å²) < 4.78 is 28.4. The lowest BCUT2D eigenvalue weighted by Crippen LogP contribution is -2.36. The second kappa shape index (κ2) is 6.47. The molecule has 1 atom stereocenters. The standard InChI is InChI=1S/C15H15BrClN3O2S/c1-10(13-4-2-3-7-18-13)20(12-5-6-12)23(21,22)14-8-11(16)9-19-15(14)17/h2-4,7-10,12H,5-6H2,1H3. The Balaban J connectivity index is 2.05. The van der Waals surface area contributed by atoms with Crippen molar-refractivity contribution in [3.05, 3.63) is 52.0 Å². The molecule has 2 aromatic heterocycles. The van der Waals surface area contributed by atoms with Gasteiger partial charge in [-0.2, -0.15) is 4.31 Å². The minimum atomic E-state index is -3.77. The fourth-order valence-electron chi connectivity index (χ4n) is 2.50. The Kier molecular flexibility index (Phi) is 4.73. The highest BCUT2D eigenvalue weighted by Gasteiger charge is 2.43. The van der Waals surface area contributed by atoms with Gasteiger partial charge in [-0.15, -0.1) is 0 Å². The molecule has 23 heavy (non-hydrogen) atoms. The van der Waals surface area contributed by atoms with Crippen LogP contribution < -0.4 is 0 Å². The normalized spacial score (nSPS) is 16.5. The Morgan fingerprint density at radius 2 is 2.09 bits per heavy atom. The lowest BCUT2D eigenvalue weighted by atomic mass is 10.2. The molecule has 8 heteroatoms. The summed E-state index contributed by atoms with van der Waals surface area (Å²) in [5.74, 6) is 0. The summed E-state index contributed by atoms with van der Waals surface area (Å²) in [6.07, 6.45) is 4.83. The molecule has 5 nitrogen and oxygen atoms in total. The van der Waals surface area contributed by atoms with Crippen molar-refractivity contribution in [1.29, 1.82) is 0 Å². The van der Waals surface area contributed by atoms with Gasteiger partial charge >= 0.3 is 0 Å². The van der Waals surface area contributed by atoms with E-state index in [9.17, 15) is 8.42 Å². The molecule has 0 N–H and O–H groups in total. The van der Waals surface area contributed by atoms with Gasteiger partial charge in [0, 0.05) is 22.9 Å². The average Bonchev–Trinajstić information content (AvgIpc) is 3.35. The first kappa shape index (κ1) is 16.8. The molecule has 1 saturated carbocycles. The van der Waals surface area contributed by atoms with E-state index in [1.165, 1.54) is 16.6 Å². The van der Waals surface area contributed by atoms with Crippen molar-refractivity contribution >= 4 is 37.6 Å². The van der Waals surface area contributed by atoms with Crippen LogP contribution in [0.1, 0.15) is 31.5 Å². The molecule has 1 fully saturated rings. The van der Waals surface area contributed by atoms with Crippen LogP contribution in [0.15, 0.2) is 46.0 Å². The largest absolute Gasteiger partial charge is 0.260 e. The molecule has 0 aromatic carbocycles. The Morgan fingerprint density at radius 1 is 1.35 bits per heavy atom. The zero-order valence-corrected chi connectivity index (χ0v) is 15.5. The summed E-state index contributed by atoms with van der Waals surface area (Å²) in [4.78, 5) is 8.25. The summed E-state index contributed by atoms with van der Waals surface area (Å²) in [7, 11) is -3.77. The van der Waals surface area contributed by atoms with Crippen molar-refractivity contribution in [2.45, 2.75) is 36.7 Å². The number of hydrogen-bond donors (Lipinski definition) is 0. The second-order valence-electron chi connectivity index (χ2n) is 5.44. The Labute approximate surface area is 148 Å². The van der Waals surface area contributed by atoms with Gasteiger partial charge in [-0.05, 0) is 53.9 Å². The van der Waals surface area contributed by atoms with Gasteiger partial charge in [0.25, 0.3) is 0 Å². The predicted octanol–water partition coefficient (Wildman–Crippen LogP) is 3.81. The van der Waals surface area contributed by atoms with Crippen molar-refractivity contribution in [3.63, 3.8) is 0 Å². The van der Waals surface area contributed by atoms with E-state index in [0.717, 1.165) is 12.8 Å². The fraction of sp³-hybridized carbons (Fsp3) is 0.333. The van der Waals surface area contributed by atoms with E-state index in [1.54, 1.807) is 12.3 Å². The minimum Gasteiger partial charge on any atom is -0.260 e. The van der Waals surface area contributed by atoms with Crippen LogP contribution in [0.5, 0.6) is 0 Å². The third-order valence-corrected chi connectivity index (χ3v) is 6.62. The monoisotopic (exact) mass is 415 g/mol. The molecule has 1 unspecified atom stereocenters. The van der Waals surface area contributed by atoms with E-state index in [1.807, 2.05) is 19.1 Å². The lowest BCUT2D eigenvalue weighted by Gasteiger charge is -2.28. The van der Waals surface area contributed by atoms with Crippen molar-refractivity contribution in [2.24, 2.45) is 0 Å². The van der Waals surface area contributed by atoms with Crippen LogP contribution in [0.4, 0.5) is 0 Å². The number of nitrogens with zero attached hydrogens (tertiary/aromatic N) is 3. The van der Waals surface area contributed by atoms with Crippen LogP contribution in [0.3, 0.4) is 0 Å². The predicted molar refractivity (Wildman–Crippen MR) is 91.6 cm³/mol. The molecule has 0 radical (unpaired) electrons. The summed E-state index contributed by atoms with van der Waals surface area (Å²) in [5, 5.41) is -0.0212. The van der Waals surface area contributed by atoms with E-state index in [4.69, 9.17) is 11.6 Å². The highest BCUT2D eigenvalue weighted by molar-refractivity contribution is 9.10.